The summed E-state index contributed by atoms with van der Waals surface area (Å²) in [5, 5.41) is -31.5. The molecule has 0 heterocycles. The Hall–Kier alpha value is -4.70. The number of halogens is 42. The molecule has 0 rings (SSSR count). The fourth-order valence-corrected chi connectivity index (χ4v) is 5.22. The lowest BCUT2D eigenvalue weighted by Crippen LogP contribution is -2.71. The van der Waals surface area contributed by atoms with Gasteiger partial charge in [-0.25, -0.2) is 17.6 Å². The van der Waals surface area contributed by atoms with Gasteiger partial charge in [-0.2, -0.15) is 182 Å². The van der Waals surface area contributed by atoms with Crippen LogP contribution < -0.4 is 0 Å². The third kappa shape index (κ3) is 22.1. The maximum Gasteiger partial charge on any atom is 0.495 e. The van der Waals surface area contributed by atoms with Crippen molar-refractivity contribution in [2.75, 3.05) is 13.3 Å². The molecule has 0 saturated heterocycles. The van der Waals surface area contributed by atoms with Crippen molar-refractivity contribution in [2.45, 2.75) is 74.9 Å². The lowest BCUT2D eigenvalue weighted by molar-refractivity contribution is -0.486. The van der Waals surface area contributed by atoms with E-state index in [1.165, 1.54) is 4.74 Å². The highest BCUT2D eigenvalue weighted by Gasteiger charge is 2.93. The summed E-state index contributed by atoms with van der Waals surface area (Å²) in [7, 11) is -44.5. The predicted molar refractivity (Wildman–Crippen MR) is 172 cm³/mol. The van der Waals surface area contributed by atoms with Gasteiger partial charge in [-0.05, 0) is 0 Å². The van der Waals surface area contributed by atoms with Crippen LogP contribution in [0.3, 0.4) is 0 Å². The van der Waals surface area contributed by atoms with Gasteiger partial charge in [-0.15, -0.1) is 0 Å². The molecule has 86 heavy (non-hydrogen) atoms. The van der Waals surface area contributed by atoms with Crippen LogP contribution in [0.5, 0.6) is 0 Å². The minimum absolute atomic E-state index is 1.41. The van der Waals surface area contributed by atoms with Crippen molar-refractivity contribution >= 4 is 62.1 Å². The second-order valence-corrected chi connectivity index (χ2v) is 19.3. The van der Waals surface area contributed by atoms with Gasteiger partial charge in [0.1, 0.15) is 0 Å². The van der Waals surface area contributed by atoms with Crippen molar-refractivity contribution in [3.8, 4) is 0 Å². The summed E-state index contributed by atoms with van der Waals surface area (Å²) in [5.41, 5.74) is -8.08. The Morgan fingerprint density at radius 1 is 0.291 bits per heavy atom. The summed E-state index contributed by atoms with van der Waals surface area (Å²) in [6, 6.07) is -11.7. The third-order valence-electron chi connectivity index (χ3n) is 6.35. The van der Waals surface area contributed by atoms with Crippen LogP contribution in [0.2, 0.25) is 0 Å². The monoisotopic (exact) mass is 1520 g/mol. The molecule has 0 spiro atoms. The quantitative estimate of drug-likeness (QED) is 0.0524. The summed E-state index contributed by atoms with van der Waals surface area (Å²) in [6.45, 7) is -5.73. The number of hydrogen-bond acceptors (Lipinski definition) is 17. The van der Waals surface area contributed by atoms with Crippen molar-refractivity contribution in [3.63, 3.8) is 0 Å². The van der Waals surface area contributed by atoms with E-state index in [9.17, 15) is 214 Å². The van der Waals surface area contributed by atoms with E-state index in [-0.39, 0.29) is 0 Å². The molecule has 1 atom stereocenters. The summed E-state index contributed by atoms with van der Waals surface area (Å²) in [4.78, 5) is 0. The third-order valence-corrected chi connectivity index (χ3v) is 9.88. The van der Waals surface area contributed by atoms with Crippen LogP contribution in [0.4, 0.5) is 180 Å². The normalized spacial score (nSPS) is 15.0. The van der Waals surface area contributed by atoms with E-state index in [2.05, 4.69) is 9.47 Å². The van der Waals surface area contributed by atoms with Crippen LogP contribution in [-0.4, -0.2) is 139 Å². The summed E-state index contributed by atoms with van der Waals surface area (Å²) >= 11 is 0. The Morgan fingerprint density at radius 3 is 0.686 bits per heavy atom. The zero-order valence-electron chi connectivity index (χ0n) is 36.2. The molecule has 0 amide bonds. The van der Waals surface area contributed by atoms with E-state index in [0.717, 1.165) is 0 Å². The predicted octanol–water partition coefficient (Wildman–Crippen LogP) is 11.6. The first-order valence-corrected chi connectivity index (χ1v) is 24.2. The highest BCUT2D eigenvalue weighted by atomic mass is 32.3. The molecule has 0 aliphatic heterocycles. The molecule has 0 aromatic heterocycles. The van der Waals surface area contributed by atoms with Gasteiger partial charge in [-0.1, -0.05) is 31.1 Å². The van der Waals surface area contributed by atoms with Gasteiger partial charge in [0, 0.05) is 0 Å². The molecule has 0 aromatic rings. The lowest BCUT2D eigenvalue weighted by Gasteiger charge is -2.37. The minimum Gasteiger partial charge on any atom is -0.399 e. The van der Waals surface area contributed by atoms with Crippen LogP contribution in [0.1, 0.15) is 0 Å². The van der Waals surface area contributed by atoms with Crippen LogP contribution in [0, 0.1) is 0 Å². The van der Waals surface area contributed by atoms with E-state index >= 15 is 0 Å². The number of ether oxygens (including phenoxy) is 5. The van der Waals surface area contributed by atoms with E-state index in [1.807, 2.05) is 4.74 Å². The highest BCUT2D eigenvalue weighted by Crippen LogP contribution is 2.60. The average Bonchev–Trinajstić information content (AvgIpc) is 3.22. The Kier molecular flexibility index (Phi) is 29.3. The summed E-state index contributed by atoms with van der Waals surface area (Å²) < 4.78 is 641. The maximum absolute atomic E-state index is 13.8. The Bertz CT molecular complexity index is 2970. The molecule has 0 fully saturated rings. The first-order chi connectivity index (χ1) is 36.5. The van der Waals surface area contributed by atoms with Gasteiger partial charge in [0.15, 0.2) is 13.3 Å². The van der Waals surface area contributed by atoms with Gasteiger partial charge >= 0.3 is 167 Å². The van der Waals surface area contributed by atoms with Crippen molar-refractivity contribution in [1.29, 1.82) is 0 Å². The Balaban J connectivity index is -0.000000354. The van der Waals surface area contributed by atoms with Crippen LogP contribution in [0.25, 0.3) is 0 Å². The zero-order valence-corrected chi connectivity index (χ0v) is 41.1. The summed E-state index contributed by atoms with van der Waals surface area (Å²) in [5.74, 6) is -19.6. The molecule has 0 radical (unpaired) electrons. The van der Waals surface area contributed by atoms with Gasteiger partial charge < -0.3 is 14.2 Å². The standard InChI is InChI=1S/C8H4F12O2.C7F14O6S2.C6F12O5S2.2F2O2S/c9-1-5(14,2-10)22-6(15,7(16,17)18)8(19,20)21-4(13)3(11)12;8-1(9)2(10)26-4(12,13)5(14,15)27-3(11,6(16,17)28(20,22)23)7(18,19)29(21,24)25;7-1(8)2(9)23-4(11,12)3(10,5(13,14)24(17,19)20)6(15,16)25(18,21)22;2*1-5(2,3)4/h1-2H2;;;;. The van der Waals surface area contributed by atoms with Gasteiger partial charge in [0.25, 0.3) is 5.85 Å². The van der Waals surface area contributed by atoms with E-state index < -0.39 is 187 Å². The Morgan fingerprint density at radius 2 is 0.500 bits per heavy atom. The van der Waals surface area contributed by atoms with E-state index in [1.54, 1.807) is 4.74 Å². The Labute approximate surface area is 441 Å². The SMILES string of the molecule is FCC(F)(CF)OC(F)(C(F)(F)F)C(F)(F)OC(F)=C(F)F.O=S(=O)(F)C(F)(F)C(F)(C(F)(F)OC(F)=C(F)F)C(F)(F)S(=O)(=O)F.O=S(=O)(F)C(F)(F)C(F)(OC(F)(F)C(F)(F)OC(F)=C(F)F)C(F)(F)S(=O)(=O)F.O=S(=O)(F)F.O=S(=O)(F)F. The van der Waals surface area contributed by atoms with Crippen molar-refractivity contribution < 1.29 is 255 Å². The smallest absolute Gasteiger partial charge is 0.399 e. The van der Waals surface area contributed by atoms with Crippen LogP contribution >= 0.6 is 0 Å². The topological polar surface area (TPSA) is 251 Å². The molecule has 520 valence electrons. The molecule has 1 unspecified atom stereocenters. The second kappa shape index (κ2) is 28.0. The van der Waals surface area contributed by atoms with Gasteiger partial charge in [0.2, 0.25) is 0 Å². The molecule has 0 aromatic carbocycles. The van der Waals surface area contributed by atoms with Gasteiger partial charge in [0.05, 0.1) is 0 Å². The average molecular weight is 1520 g/mol. The highest BCUT2D eigenvalue weighted by molar-refractivity contribution is 7.89. The zero-order chi connectivity index (χ0) is 71.9. The van der Waals surface area contributed by atoms with Crippen LogP contribution in [0.15, 0.2) is 36.3 Å². The van der Waals surface area contributed by atoms with Crippen molar-refractivity contribution in [3.05, 3.63) is 36.3 Å². The first kappa shape index (κ1) is 90.0. The number of hydrogen-bond donors (Lipinski definition) is 0. The maximum atomic E-state index is 13.8. The molecule has 0 saturated carbocycles. The molecule has 0 aliphatic carbocycles. The molecular formula is C21H4F42O17S6. The molecule has 0 bridgehead atoms. The molecular weight excluding hydrogens is 1510 g/mol. The molecule has 0 N–H and O–H groups in total. The molecule has 17 nitrogen and oxygen atoms in total. The number of alkyl halides is 25. The van der Waals surface area contributed by atoms with E-state index in [0.29, 0.717) is 0 Å². The van der Waals surface area contributed by atoms with Crippen molar-refractivity contribution in [2.24, 2.45) is 0 Å². The second-order valence-electron chi connectivity index (χ2n) is 12.3. The molecule has 65 heteroatoms. The molecule has 0 aliphatic rings. The van der Waals surface area contributed by atoms with Crippen LogP contribution in [-0.2, 0) is 85.8 Å². The first-order valence-electron chi connectivity index (χ1n) is 16.1. The minimum atomic E-state index is -8.32. The van der Waals surface area contributed by atoms with E-state index in [4.69, 9.17) is 16.8 Å². The summed E-state index contributed by atoms with van der Waals surface area (Å²) in [6.07, 6.45) is -47.8. The fraction of sp³-hybridized carbons (Fsp3) is 0.714. The fourth-order valence-electron chi connectivity index (χ4n) is 2.96. The lowest BCUT2D eigenvalue weighted by atomic mass is 10.1. The number of rotatable bonds is 23. The van der Waals surface area contributed by atoms with Gasteiger partial charge in [-0.3, -0.25) is 9.47 Å². The largest absolute Gasteiger partial charge is 0.495 e. The van der Waals surface area contributed by atoms with Crippen molar-refractivity contribution in [1.82, 2.24) is 0 Å².